The molecule has 2 rings (SSSR count). The number of ether oxygens (including phenoxy) is 1. The van der Waals surface area contributed by atoms with Crippen LogP contribution < -0.4 is 5.32 Å². The smallest absolute Gasteiger partial charge is 0.340 e. The minimum Gasteiger partial charge on any atom is -0.449 e. The van der Waals surface area contributed by atoms with Gasteiger partial charge in [0.1, 0.15) is 0 Å². The van der Waals surface area contributed by atoms with Crippen LogP contribution in [0.1, 0.15) is 43.0 Å². The van der Waals surface area contributed by atoms with Gasteiger partial charge in [0, 0.05) is 13.1 Å². The van der Waals surface area contributed by atoms with Crippen molar-refractivity contribution in [2.75, 3.05) is 14.2 Å². The molecular formula is C17H23ClN2O6S. The number of amides is 1. The van der Waals surface area contributed by atoms with Gasteiger partial charge in [0.2, 0.25) is 0 Å². The van der Waals surface area contributed by atoms with Crippen LogP contribution >= 0.6 is 11.6 Å². The molecule has 1 N–H and O–H groups in total. The fourth-order valence-electron chi connectivity index (χ4n) is 2.73. The SMILES string of the molecule is CON(C)S(=O)(=O)c1ccc(Cl)c(C(=O)O[C@H](C)C(=O)NC2CCCC2)c1. The Hall–Kier alpha value is -1.68. The van der Waals surface area contributed by atoms with Crippen molar-refractivity contribution in [3.63, 3.8) is 0 Å². The number of nitrogens with one attached hydrogen (secondary N) is 1. The van der Waals surface area contributed by atoms with Gasteiger partial charge >= 0.3 is 5.97 Å². The summed E-state index contributed by atoms with van der Waals surface area (Å²) in [6.07, 6.45) is 2.91. The van der Waals surface area contributed by atoms with Gasteiger partial charge < -0.3 is 10.1 Å². The van der Waals surface area contributed by atoms with E-state index in [1.54, 1.807) is 0 Å². The summed E-state index contributed by atoms with van der Waals surface area (Å²) in [5, 5.41) is 2.86. The summed E-state index contributed by atoms with van der Waals surface area (Å²) in [6, 6.07) is 3.72. The van der Waals surface area contributed by atoms with Crippen LogP contribution in [-0.2, 0) is 24.4 Å². The van der Waals surface area contributed by atoms with Crippen molar-refractivity contribution in [3.8, 4) is 0 Å². The first-order valence-corrected chi connectivity index (χ1v) is 10.3. The third-order valence-corrected chi connectivity index (χ3v) is 6.41. The lowest BCUT2D eigenvalue weighted by Crippen LogP contribution is -2.40. The van der Waals surface area contributed by atoms with E-state index in [9.17, 15) is 18.0 Å². The monoisotopic (exact) mass is 418 g/mol. The van der Waals surface area contributed by atoms with Crippen molar-refractivity contribution < 1.29 is 27.6 Å². The van der Waals surface area contributed by atoms with Gasteiger partial charge in [-0.15, -0.1) is 0 Å². The summed E-state index contributed by atoms with van der Waals surface area (Å²) in [5.41, 5.74) is -0.150. The Bertz CT molecular complexity index is 808. The fraction of sp³-hybridized carbons (Fsp3) is 0.529. The summed E-state index contributed by atoms with van der Waals surface area (Å²) in [5.74, 6) is -1.28. The molecule has 1 aromatic carbocycles. The number of nitrogens with zero attached hydrogens (tertiary/aromatic N) is 1. The molecule has 150 valence electrons. The first kappa shape index (κ1) is 21.6. The average molecular weight is 419 g/mol. The summed E-state index contributed by atoms with van der Waals surface area (Å²) < 4.78 is 30.5. The second kappa shape index (κ2) is 9.01. The van der Waals surface area contributed by atoms with Crippen LogP contribution in [0.2, 0.25) is 5.02 Å². The number of benzene rings is 1. The molecule has 1 aliphatic carbocycles. The van der Waals surface area contributed by atoms with Gasteiger partial charge in [-0.1, -0.05) is 28.9 Å². The quantitative estimate of drug-likeness (QED) is 0.537. The average Bonchev–Trinajstić information content (AvgIpc) is 3.13. The highest BCUT2D eigenvalue weighted by Crippen LogP contribution is 2.24. The van der Waals surface area contributed by atoms with Crippen molar-refractivity contribution in [2.24, 2.45) is 0 Å². The van der Waals surface area contributed by atoms with Crippen LogP contribution in [0.15, 0.2) is 23.1 Å². The molecule has 0 aliphatic heterocycles. The Labute approximate surface area is 163 Å². The predicted molar refractivity (Wildman–Crippen MR) is 98.7 cm³/mol. The van der Waals surface area contributed by atoms with Gasteiger partial charge in [-0.3, -0.25) is 9.63 Å². The van der Waals surface area contributed by atoms with Crippen molar-refractivity contribution in [3.05, 3.63) is 28.8 Å². The molecule has 1 fully saturated rings. The molecule has 1 atom stereocenters. The summed E-state index contributed by atoms with van der Waals surface area (Å²) >= 11 is 6.01. The summed E-state index contributed by atoms with van der Waals surface area (Å²) in [7, 11) is -1.54. The Morgan fingerprint density at radius 1 is 1.30 bits per heavy atom. The number of sulfonamides is 1. The number of halogens is 1. The number of esters is 1. The fourth-order valence-corrected chi connectivity index (χ4v) is 3.93. The van der Waals surface area contributed by atoms with Crippen LogP contribution in [0.25, 0.3) is 0 Å². The maximum atomic E-state index is 12.4. The zero-order chi connectivity index (χ0) is 20.2. The number of hydroxylamine groups is 1. The molecule has 1 aliphatic rings. The largest absolute Gasteiger partial charge is 0.449 e. The van der Waals surface area contributed by atoms with E-state index in [2.05, 4.69) is 5.32 Å². The molecule has 27 heavy (non-hydrogen) atoms. The zero-order valence-electron chi connectivity index (χ0n) is 15.4. The van der Waals surface area contributed by atoms with Crippen molar-refractivity contribution in [1.82, 2.24) is 9.79 Å². The number of hydrogen-bond donors (Lipinski definition) is 1. The second-order valence-electron chi connectivity index (χ2n) is 6.28. The van der Waals surface area contributed by atoms with Gasteiger partial charge in [-0.05, 0) is 38.0 Å². The molecule has 10 heteroatoms. The molecule has 1 amide bonds. The highest BCUT2D eigenvalue weighted by atomic mass is 35.5. The molecule has 0 aromatic heterocycles. The Morgan fingerprint density at radius 2 is 1.93 bits per heavy atom. The van der Waals surface area contributed by atoms with E-state index in [4.69, 9.17) is 21.2 Å². The Kier molecular flexibility index (Phi) is 7.21. The van der Waals surface area contributed by atoms with Crippen LogP contribution in [0, 0.1) is 0 Å². The van der Waals surface area contributed by atoms with E-state index < -0.39 is 28.0 Å². The number of carbonyl (C=O) groups is 2. The normalized spacial score (nSPS) is 16.3. The lowest BCUT2D eigenvalue weighted by Gasteiger charge is -2.18. The standard InChI is InChI=1S/C17H23ClN2O6S/c1-11(16(21)19-12-6-4-5-7-12)26-17(22)14-10-13(8-9-15(14)18)27(23,24)20(2)25-3/h8-12H,4-7H2,1-3H3,(H,19,21)/t11-/m1/s1. The highest BCUT2D eigenvalue weighted by Gasteiger charge is 2.27. The molecule has 8 nitrogen and oxygen atoms in total. The van der Waals surface area contributed by atoms with E-state index >= 15 is 0 Å². The van der Waals surface area contributed by atoms with Crippen LogP contribution in [0.4, 0.5) is 0 Å². The van der Waals surface area contributed by atoms with E-state index in [0.29, 0.717) is 4.47 Å². The molecule has 1 saturated carbocycles. The molecular weight excluding hydrogens is 396 g/mol. The zero-order valence-corrected chi connectivity index (χ0v) is 17.0. The molecule has 0 unspecified atom stereocenters. The van der Waals surface area contributed by atoms with E-state index in [1.807, 2.05) is 0 Å². The van der Waals surface area contributed by atoms with Gasteiger partial charge in [0.15, 0.2) is 6.10 Å². The first-order valence-electron chi connectivity index (χ1n) is 8.50. The maximum absolute atomic E-state index is 12.4. The number of rotatable bonds is 7. The molecule has 0 spiro atoms. The van der Waals surface area contributed by atoms with Gasteiger partial charge in [0.25, 0.3) is 15.9 Å². The molecule has 0 saturated heterocycles. The summed E-state index contributed by atoms with van der Waals surface area (Å²) in [6.45, 7) is 1.45. The molecule has 1 aromatic rings. The number of carbonyl (C=O) groups excluding carboxylic acids is 2. The molecule has 0 radical (unpaired) electrons. The Balaban J connectivity index is 2.13. The van der Waals surface area contributed by atoms with Gasteiger partial charge in [-0.2, -0.15) is 0 Å². The van der Waals surface area contributed by atoms with Crippen molar-refractivity contribution in [2.45, 2.75) is 49.6 Å². The molecule has 0 bridgehead atoms. The topological polar surface area (TPSA) is 102 Å². The van der Waals surface area contributed by atoms with Crippen molar-refractivity contribution >= 4 is 33.5 Å². The Morgan fingerprint density at radius 3 is 2.52 bits per heavy atom. The van der Waals surface area contributed by atoms with Gasteiger partial charge in [0.05, 0.1) is 22.6 Å². The third-order valence-electron chi connectivity index (χ3n) is 4.41. The van der Waals surface area contributed by atoms with E-state index in [-0.39, 0.29) is 21.5 Å². The van der Waals surface area contributed by atoms with E-state index in [0.717, 1.165) is 31.7 Å². The van der Waals surface area contributed by atoms with Crippen molar-refractivity contribution in [1.29, 1.82) is 0 Å². The van der Waals surface area contributed by atoms with Crippen LogP contribution in [-0.4, -0.2) is 51.1 Å². The minimum absolute atomic E-state index is 0.0161. The first-order chi connectivity index (χ1) is 12.7. The van der Waals surface area contributed by atoms with Crippen LogP contribution in [0.3, 0.4) is 0 Å². The maximum Gasteiger partial charge on any atom is 0.340 e. The third kappa shape index (κ3) is 5.19. The molecule has 0 heterocycles. The highest BCUT2D eigenvalue weighted by molar-refractivity contribution is 7.89. The lowest BCUT2D eigenvalue weighted by atomic mass is 10.2. The van der Waals surface area contributed by atoms with E-state index in [1.165, 1.54) is 33.2 Å². The minimum atomic E-state index is -3.96. The second-order valence-corrected chi connectivity index (χ2v) is 8.62. The lowest BCUT2D eigenvalue weighted by molar-refractivity contribution is -0.129. The summed E-state index contributed by atoms with van der Waals surface area (Å²) in [4.78, 5) is 29.1. The van der Waals surface area contributed by atoms with Gasteiger partial charge in [-0.25, -0.2) is 13.2 Å². The number of hydrogen-bond acceptors (Lipinski definition) is 6. The van der Waals surface area contributed by atoms with Crippen LogP contribution in [0.5, 0.6) is 0 Å². The predicted octanol–water partition coefficient (Wildman–Crippen LogP) is 2.13.